The molecule has 2 heterocycles. The lowest BCUT2D eigenvalue weighted by Gasteiger charge is -2.23. The van der Waals surface area contributed by atoms with Crippen LogP contribution in [0, 0.1) is 0 Å². The van der Waals surface area contributed by atoms with E-state index in [4.69, 9.17) is 9.47 Å². The molecule has 0 amide bonds. The summed E-state index contributed by atoms with van der Waals surface area (Å²) in [5.74, 6) is -0.410. The molecular formula is C35H64O9. The predicted octanol–water partition coefficient (Wildman–Crippen LogP) is 5.00. The van der Waals surface area contributed by atoms with Crippen molar-refractivity contribution in [2.24, 2.45) is 0 Å². The molecule has 0 radical (unpaired) electrons. The van der Waals surface area contributed by atoms with Crippen molar-refractivity contribution >= 4 is 5.97 Å². The lowest BCUT2D eigenvalue weighted by Crippen LogP contribution is -2.31. The van der Waals surface area contributed by atoms with E-state index in [-0.39, 0.29) is 37.6 Å². The molecule has 1 fully saturated rings. The minimum atomic E-state index is -0.959. The number of cyclic esters (lactones) is 1. The predicted molar refractivity (Wildman–Crippen MR) is 171 cm³/mol. The zero-order chi connectivity index (χ0) is 32.3. The average Bonchev–Trinajstić information content (AvgIpc) is 3.60. The molecule has 2 rings (SSSR count). The summed E-state index contributed by atoms with van der Waals surface area (Å²) in [6.45, 7) is 3.99. The molecule has 0 spiro atoms. The van der Waals surface area contributed by atoms with Gasteiger partial charge in [0.05, 0.1) is 48.8 Å². The quantitative estimate of drug-likeness (QED) is 0.0573. The maximum absolute atomic E-state index is 11.7. The highest BCUT2D eigenvalue weighted by Crippen LogP contribution is 2.28. The molecule has 0 unspecified atom stereocenters. The second-order valence-corrected chi connectivity index (χ2v) is 13.4. The van der Waals surface area contributed by atoms with Gasteiger partial charge in [0.15, 0.2) is 0 Å². The third-order valence-electron chi connectivity index (χ3n) is 9.34. The standard InChI is InChI=1S/C35H64O9/c1-3-4-5-6-7-8-9-10-11-12-15-29(37)32(40)20-21-33(41)34-22-18-28(44-34)14-13-16-30(38)31(39)19-17-27(36)24-26-23-25(2)43-35(26)42/h23,25,27-34,36-41H,3-22,24H2,1-2H3/t25-,27-,28+,29-,30-,31+,32+,33-,34+/m0/s1. The molecule has 0 bridgehead atoms. The number of unbranched alkanes of at least 4 members (excludes halogenated alkanes) is 9. The van der Waals surface area contributed by atoms with Crippen LogP contribution in [0.25, 0.3) is 0 Å². The lowest BCUT2D eigenvalue weighted by atomic mass is 9.97. The van der Waals surface area contributed by atoms with Crippen LogP contribution in [-0.4, -0.2) is 91.5 Å². The number of ether oxygens (including phenoxy) is 2. The van der Waals surface area contributed by atoms with Gasteiger partial charge in [-0.15, -0.1) is 0 Å². The topological polar surface area (TPSA) is 157 Å². The molecule has 0 aliphatic carbocycles. The number of carbonyl (C=O) groups is 1. The van der Waals surface area contributed by atoms with Crippen LogP contribution in [0.15, 0.2) is 11.6 Å². The zero-order valence-corrected chi connectivity index (χ0v) is 27.5. The van der Waals surface area contributed by atoms with Gasteiger partial charge < -0.3 is 40.1 Å². The number of hydrogen-bond donors (Lipinski definition) is 6. The Hall–Kier alpha value is -1.07. The van der Waals surface area contributed by atoms with Gasteiger partial charge in [-0.05, 0) is 77.2 Å². The molecule has 9 atom stereocenters. The monoisotopic (exact) mass is 628 g/mol. The molecule has 9 nitrogen and oxygen atoms in total. The largest absolute Gasteiger partial charge is 0.455 e. The fourth-order valence-electron chi connectivity index (χ4n) is 6.42. The molecule has 2 aliphatic rings. The minimum Gasteiger partial charge on any atom is -0.455 e. The van der Waals surface area contributed by atoms with E-state index in [2.05, 4.69) is 6.92 Å². The number of aliphatic hydroxyl groups is 6. The van der Waals surface area contributed by atoms with E-state index < -0.39 is 42.6 Å². The molecule has 0 saturated carbocycles. The fraction of sp³-hybridized carbons (Fsp3) is 0.914. The first-order chi connectivity index (χ1) is 21.1. The third kappa shape index (κ3) is 16.0. The summed E-state index contributed by atoms with van der Waals surface area (Å²) in [6.07, 6.45) is 13.8. The van der Waals surface area contributed by atoms with E-state index in [9.17, 15) is 35.4 Å². The molecule has 9 heteroatoms. The van der Waals surface area contributed by atoms with Crippen LogP contribution in [0.2, 0.25) is 0 Å². The van der Waals surface area contributed by atoms with Crippen LogP contribution >= 0.6 is 0 Å². The molecule has 6 N–H and O–H groups in total. The van der Waals surface area contributed by atoms with Gasteiger partial charge in [0.1, 0.15) is 6.10 Å². The second kappa shape index (κ2) is 22.5. The first-order valence-corrected chi connectivity index (χ1v) is 17.8. The summed E-state index contributed by atoms with van der Waals surface area (Å²) >= 11 is 0. The van der Waals surface area contributed by atoms with Crippen LogP contribution in [0.1, 0.15) is 149 Å². The molecule has 0 aromatic rings. The van der Waals surface area contributed by atoms with Crippen LogP contribution in [-0.2, 0) is 14.3 Å². The van der Waals surface area contributed by atoms with Crippen molar-refractivity contribution in [3.05, 3.63) is 11.6 Å². The number of hydrogen-bond acceptors (Lipinski definition) is 9. The van der Waals surface area contributed by atoms with Gasteiger partial charge in [0.2, 0.25) is 0 Å². The van der Waals surface area contributed by atoms with Crippen molar-refractivity contribution in [2.45, 2.75) is 204 Å². The summed E-state index contributed by atoms with van der Waals surface area (Å²) in [5, 5.41) is 62.3. The summed E-state index contributed by atoms with van der Waals surface area (Å²) in [7, 11) is 0. The first kappa shape index (κ1) is 39.1. The number of esters is 1. The third-order valence-corrected chi connectivity index (χ3v) is 9.34. The Kier molecular flexibility index (Phi) is 20.0. The smallest absolute Gasteiger partial charge is 0.334 e. The summed E-state index contributed by atoms with van der Waals surface area (Å²) in [4.78, 5) is 11.7. The van der Waals surface area contributed by atoms with E-state index in [0.717, 1.165) is 25.7 Å². The summed E-state index contributed by atoms with van der Waals surface area (Å²) in [5.41, 5.74) is 0.452. The first-order valence-electron chi connectivity index (χ1n) is 17.8. The Bertz CT molecular complexity index is 790. The van der Waals surface area contributed by atoms with Gasteiger partial charge in [0, 0.05) is 12.0 Å². The molecule has 258 valence electrons. The molecule has 44 heavy (non-hydrogen) atoms. The fourth-order valence-corrected chi connectivity index (χ4v) is 6.42. The molecule has 0 aromatic carbocycles. The molecule has 0 aromatic heterocycles. The van der Waals surface area contributed by atoms with E-state index in [1.165, 1.54) is 51.4 Å². The van der Waals surface area contributed by atoms with Crippen molar-refractivity contribution in [3.8, 4) is 0 Å². The second-order valence-electron chi connectivity index (χ2n) is 13.4. The highest BCUT2D eigenvalue weighted by Gasteiger charge is 2.31. The highest BCUT2D eigenvalue weighted by molar-refractivity contribution is 5.90. The van der Waals surface area contributed by atoms with Crippen LogP contribution in [0.5, 0.6) is 0 Å². The van der Waals surface area contributed by atoms with Crippen molar-refractivity contribution < 1.29 is 44.9 Å². The van der Waals surface area contributed by atoms with Crippen LogP contribution in [0.3, 0.4) is 0 Å². The Balaban J connectivity index is 1.50. The summed E-state index contributed by atoms with van der Waals surface area (Å²) < 4.78 is 11.1. The van der Waals surface area contributed by atoms with Gasteiger partial charge in [-0.1, -0.05) is 71.1 Å². The Morgan fingerprint density at radius 3 is 1.84 bits per heavy atom. The maximum atomic E-state index is 11.7. The van der Waals surface area contributed by atoms with Crippen LogP contribution < -0.4 is 0 Å². The molecule has 1 saturated heterocycles. The SMILES string of the molecule is CCCCCCCCCCCC[C@H](O)[C@H](O)CC[C@H](O)[C@H]1CC[C@@H](CCC[C@H](O)[C@H](O)CC[C@H](O)CC2=C[C@H](C)OC2=O)O1. The van der Waals surface area contributed by atoms with Crippen molar-refractivity contribution in [1.82, 2.24) is 0 Å². The van der Waals surface area contributed by atoms with E-state index in [0.29, 0.717) is 44.1 Å². The van der Waals surface area contributed by atoms with Gasteiger partial charge in [-0.3, -0.25) is 0 Å². The van der Waals surface area contributed by atoms with Crippen LogP contribution in [0.4, 0.5) is 0 Å². The van der Waals surface area contributed by atoms with Gasteiger partial charge >= 0.3 is 5.97 Å². The lowest BCUT2D eigenvalue weighted by molar-refractivity contribution is -0.139. The maximum Gasteiger partial charge on any atom is 0.334 e. The molecule has 2 aliphatic heterocycles. The Morgan fingerprint density at radius 1 is 0.705 bits per heavy atom. The summed E-state index contributed by atoms with van der Waals surface area (Å²) in [6, 6.07) is 0. The van der Waals surface area contributed by atoms with E-state index in [1.54, 1.807) is 13.0 Å². The Labute approximate surface area is 266 Å². The Morgan fingerprint density at radius 2 is 1.25 bits per heavy atom. The van der Waals surface area contributed by atoms with Crippen molar-refractivity contribution in [3.63, 3.8) is 0 Å². The normalized spacial score (nSPS) is 24.5. The van der Waals surface area contributed by atoms with Crippen molar-refractivity contribution in [1.29, 1.82) is 0 Å². The number of carbonyl (C=O) groups excluding carboxylic acids is 1. The number of aliphatic hydroxyl groups excluding tert-OH is 6. The zero-order valence-electron chi connectivity index (χ0n) is 27.5. The van der Waals surface area contributed by atoms with E-state index >= 15 is 0 Å². The number of rotatable bonds is 26. The highest BCUT2D eigenvalue weighted by atomic mass is 16.5. The van der Waals surface area contributed by atoms with E-state index in [1.807, 2.05) is 0 Å². The minimum absolute atomic E-state index is 0.0190. The molecular weight excluding hydrogens is 564 g/mol. The van der Waals surface area contributed by atoms with Crippen molar-refractivity contribution in [2.75, 3.05) is 0 Å². The van der Waals surface area contributed by atoms with Gasteiger partial charge in [0.25, 0.3) is 0 Å². The van der Waals surface area contributed by atoms with Gasteiger partial charge in [-0.25, -0.2) is 4.79 Å². The van der Waals surface area contributed by atoms with Gasteiger partial charge in [-0.2, -0.15) is 0 Å². The average molecular weight is 629 g/mol.